The molecule has 3 heterocycles. The molecule has 0 aliphatic carbocycles. The van der Waals surface area contributed by atoms with Crippen LogP contribution in [0.1, 0.15) is 24.8 Å². The number of aromatic nitrogens is 4. The highest BCUT2D eigenvalue weighted by Gasteiger charge is 2.23. The first-order valence-electron chi connectivity index (χ1n) is 8.03. The lowest BCUT2D eigenvalue weighted by atomic mass is 10.1. The van der Waals surface area contributed by atoms with Crippen molar-refractivity contribution in [3.05, 3.63) is 35.2 Å². The van der Waals surface area contributed by atoms with E-state index in [0.29, 0.717) is 18.1 Å². The first kappa shape index (κ1) is 16.7. The molecule has 0 spiro atoms. The second-order valence-electron chi connectivity index (χ2n) is 5.92. The normalized spacial score (nSPS) is 15.5. The molecule has 1 fully saturated rings. The Hall–Kier alpha value is -2.15. The van der Waals surface area contributed by atoms with E-state index in [1.54, 1.807) is 16.9 Å². The van der Waals surface area contributed by atoms with Crippen LogP contribution in [0.5, 0.6) is 0 Å². The van der Waals surface area contributed by atoms with Crippen molar-refractivity contribution in [2.45, 2.75) is 38.8 Å². The summed E-state index contributed by atoms with van der Waals surface area (Å²) in [5, 5.41) is 12.5. The average Bonchev–Trinajstić information content (AvgIpc) is 3.00. The average molecular weight is 350 g/mol. The summed E-state index contributed by atoms with van der Waals surface area (Å²) in [6, 6.07) is 3.58. The monoisotopic (exact) mass is 349 g/mol. The zero-order chi connectivity index (χ0) is 16.9. The fraction of sp³-hybridized carbons (Fsp3) is 0.500. The minimum absolute atomic E-state index is 0.0339. The van der Waals surface area contributed by atoms with Gasteiger partial charge in [-0.05, 0) is 24.6 Å². The van der Waals surface area contributed by atoms with Gasteiger partial charge in [0, 0.05) is 32.1 Å². The smallest absolute Gasteiger partial charge is 0.307 e. The highest BCUT2D eigenvalue weighted by Crippen LogP contribution is 2.20. The summed E-state index contributed by atoms with van der Waals surface area (Å²) in [5.41, 5.74) is 1.08. The number of hydrogen-bond donors (Lipinski definition) is 0. The molecule has 0 bridgehead atoms. The fourth-order valence-electron chi connectivity index (χ4n) is 2.72. The van der Waals surface area contributed by atoms with E-state index in [1.165, 1.54) is 0 Å². The molecule has 0 amide bonds. The molecular weight excluding hydrogens is 330 g/mol. The molecule has 2 aromatic heterocycles. The first-order valence-corrected chi connectivity index (χ1v) is 8.40. The SMILES string of the molecule is Cc1cnn(CCC(=O)OC2CCN(c3ccc(Cl)nn3)CC2)c1. The standard InChI is InChI=1S/C16H20ClN5O2/c1-12-10-18-22(11-12)9-6-16(23)24-13-4-7-21(8-5-13)15-3-2-14(17)19-20-15/h2-3,10-11,13H,4-9H2,1H3. The second kappa shape index (κ2) is 7.61. The Kier molecular flexibility index (Phi) is 5.30. The Bertz CT molecular complexity index is 680. The third kappa shape index (κ3) is 4.44. The van der Waals surface area contributed by atoms with E-state index >= 15 is 0 Å². The van der Waals surface area contributed by atoms with Gasteiger partial charge >= 0.3 is 5.97 Å². The van der Waals surface area contributed by atoms with Crippen LogP contribution in [-0.4, -0.2) is 45.1 Å². The quantitative estimate of drug-likeness (QED) is 0.771. The zero-order valence-corrected chi connectivity index (χ0v) is 14.3. The van der Waals surface area contributed by atoms with E-state index < -0.39 is 0 Å². The van der Waals surface area contributed by atoms with Gasteiger partial charge in [-0.25, -0.2) is 0 Å². The number of nitrogens with zero attached hydrogens (tertiary/aromatic N) is 5. The summed E-state index contributed by atoms with van der Waals surface area (Å²) in [7, 11) is 0. The fourth-order valence-corrected chi connectivity index (χ4v) is 2.82. The van der Waals surface area contributed by atoms with Crippen molar-refractivity contribution in [2.24, 2.45) is 0 Å². The minimum Gasteiger partial charge on any atom is -0.462 e. The third-order valence-corrected chi connectivity index (χ3v) is 4.19. The van der Waals surface area contributed by atoms with Gasteiger partial charge < -0.3 is 9.64 Å². The third-order valence-electron chi connectivity index (χ3n) is 3.99. The number of anilines is 1. The molecular formula is C16H20ClN5O2. The van der Waals surface area contributed by atoms with Crippen LogP contribution in [0.4, 0.5) is 5.82 Å². The summed E-state index contributed by atoms with van der Waals surface area (Å²) >= 11 is 5.75. The number of carbonyl (C=O) groups is 1. The number of hydrogen-bond acceptors (Lipinski definition) is 6. The second-order valence-corrected chi connectivity index (χ2v) is 6.31. The summed E-state index contributed by atoms with van der Waals surface area (Å²) in [6.07, 6.45) is 5.57. The van der Waals surface area contributed by atoms with Gasteiger partial charge in [0.05, 0.1) is 19.2 Å². The topological polar surface area (TPSA) is 73.1 Å². The Morgan fingerprint density at radius 3 is 2.75 bits per heavy atom. The molecule has 7 nitrogen and oxygen atoms in total. The Morgan fingerprint density at radius 2 is 2.12 bits per heavy atom. The van der Waals surface area contributed by atoms with Crippen molar-refractivity contribution in [3.8, 4) is 0 Å². The van der Waals surface area contributed by atoms with Gasteiger partial charge in [0.2, 0.25) is 0 Å². The van der Waals surface area contributed by atoms with Crippen molar-refractivity contribution in [3.63, 3.8) is 0 Å². The summed E-state index contributed by atoms with van der Waals surface area (Å²) in [4.78, 5) is 14.1. The van der Waals surface area contributed by atoms with Crippen molar-refractivity contribution in [1.82, 2.24) is 20.0 Å². The predicted molar refractivity (Wildman–Crippen MR) is 90.0 cm³/mol. The highest BCUT2D eigenvalue weighted by atomic mass is 35.5. The van der Waals surface area contributed by atoms with Gasteiger partial charge in [-0.2, -0.15) is 5.10 Å². The number of halogens is 1. The van der Waals surface area contributed by atoms with E-state index in [9.17, 15) is 4.79 Å². The maximum Gasteiger partial charge on any atom is 0.307 e. The van der Waals surface area contributed by atoms with Gasteiger partial charge in [-0.3, -0.25) is 9.48 Å². The lowest BCUT2D eigenvalue weighted by molar-refractivity contribution is -0.150. The summed E-state index contributed by atoms with van der Waals surface area (Å²) in [6.45, 7) is 4.09. The summed E-state index contributed by atoms with van der Waals surface area (Å²) < 4.78 is 7.32. The number of aryl methyl sites for hydroxylation is 2. The number of ether oxygens (including phenoxy) is 1. The molecule has 2 aromatic rings. The van der Waals surface area contributed by atoms with E-state index in [1.807, 2.05) is 19.2 Å². The van der Waals surface area contributed by atoms with Crippen LogP contribution in [0.2, 0.25) is 5.15 Å². The number of esters is 1. The van der Waals surface area contributed by atoms with Crippen LogP contribution in [0.3, 0.4) is 0 Å². The largest absolute Gasteiger partial charge is 0.462 e. The van der Waals surface area contributed by atoms with Crippen LogP contribution in [-0.2, 0) is 16.1 Å². The van der Waals surface area contributed by atoms with Gasteiger partial charge in [0.1, 0.15) is 6.10 Å². The molecule has 0 saturated carbocycles. The van der Waals surface area contributed by atoms with Crippen molar-refractivity contribution in [2.75, 3.05) is 18.0 Å². The maximum absolute atomic E-state index is 12.0. The molecule has 0 atom stereocenters. The van der Waals surface area contributed by atoms with Crippen LogP contribution in [0, 0.1) is 6.92 Å². The molecule has 0 N–H and O–H groups in total. The molecule has 3 rings (SSSR count). The Morgan fingerprint density at radius 1 is 1.33 bits per heavy atom. The minimum atomic E-state index is -0.173. The zero-order valence-electron chi connectivity index (χ0n) is 13.6. The Balaban J connectivity index is 1.41. The Labute approximate surface area is 145 Å². The van der Waals surface area contributed by atoms with E-state index in [4.69, 9.17) is 16.3 Å². The van der Waals surface area contributed by atoms with Gasteiger partial charge in [-0.15, -0.1) is 10.2 Å². The molecule has 128 valence electrons. The molecule has 24 heavy (non-hydrogen) atoms. The predicted octanol–water partition coefficient (Wildman–Crippen LogP) is 2.24. The van der Waals surface area contributed by atoms with E-state index in [2.05, 4.69) is 20.2 Å². The van der Waals surface area contributed by atoms with Gasteiger partial charge in [0.15, 0.2) is 11.0 Å². The maximum atomic E-state index is 12.0. The summed E-state index contributed by atoms with van der Waals surface area (Å²) in [5.74, 6) is 0.631. The molecule has 1 aliphatic heterocycles. The molecule has 0 aromatic carbocycles. The molecule has 8 heteroatoms. The molecule has 1 aliphatic rings. The van der Waals surface area contributed by atoms with Crippen molar-refractivity contribution < 1.29 is 9.53 Å². The first-order chi connectivity index (χ1) is 11.6. The van der Waals surface area contributed by atoms with Crippen LogP contribution >= 0.6 is 11.6 Å². The van der Waals surface area contributed by atoms with E-state index in [-0.39, 0.29) is 12.1 Å². The number of rotatable bonds is 5. The number of carbonyl (C=O) groups excluding carboxylic acids is 1. The highest BCUT2D eigenvalue weighted by molar-refractivity contribution is 6.29. The molecule has 0 unspecified atom stereocenters. The van der Waals surface area contributed by atoms with Crippen LogP contribution in [0.25, 0.3) is 0 Å². The molecule has 0 radical (unpaired) electrons. The van der Waals surface area contributed by atoms with Crippen molar-refractivity contribution >= 4 is 23.4 Å². The van der Waals surface area contributed by atoms with Gasteiger partial charge in [0.25, 0.3) is 0 Å². The lowest BCUT2D eigenvalue weighted by Crippen LogP contribution is -2.38. The molecule has 1 saturated heterocycles. The van der Waals surface area contributed by atoms with Crippen molar-refractivity contribution in [1.29, 1.82) is 0 Å². The van der Waals surface area contributed by atoms with Crippen LogP contribution in [0.15, 0.2) is 24.5 Å². The lowest BCUT2D eigenvalue weighted by Gasteiger charge is -2.32. The van der Waals surface area contributed by atoms with Crippen LogP contribution < -0.4 is 4.90 Å². The van der Waals surface area contributed by atoms with Gasteiger partial charge in [-0.1, -0.05) is 11.6 Å². The number of piperidine rings is 1. The van der Waals surface area contributed by atoms with E-state index in [0.717, 1.165) is 37.3 Å².